The van der Waals surface area contributed by atoms with E-state index in [9.17, 15) is 4.79 Å². The lowest BCUT2D eigenvalue weighted by atomic mass is 10.0. The van der Waals surface area contributed by atoms with Crippen molar-refractivity contribution in [2.24, 2.45) is 5.16 Å². The van der Waals surface area contributed by atoms with Crippen molar-refractivity contribution in [3.05, 3.63) is 65.7 Å². The van der Waals surface area contributed by atoms with Crippen molar-refractivity contribution < 1.29 is 9.63 Å². The number of hydrogen-bond acceptors (Lipinski definition) is 5. The van der Waals surface area contributed by atoms with Crippen molar-refractivity contribution >= 4 is 17.3 Å². The predicted molar refractivity (Wildman–Crippen MR) is 115 cm³/mol. The Morgan fingerprint density at radius 3 is 2.48 bits per heavy atom. The topological polar surface area (TPSA) is 57.2 Å². The third kappa shape index (κ3) is 5.15. The maximum Gasteiger partial charge on any atom is 0.217 e. The highest BCUT2D eigenvalue weighted by atomic mass is 16.6. The molecule has 2 heterocycles. The minimum atomic E-state index is -0.0597. The van der Waals surface area contributed by atoms with Crippen LogP contribution in [-0.4, -0.2) is 49.2 Å². The first kappa shape index (κ1) is 19.5. The summed E-state index contributed by atoms with van der Waals surface area (Å²) in [5.74, 6) is -0.0515. The molecule has 29 heavy (non-hydrogen) atoms. The van der Waals surface area contributed by atoms with Crippen molar-refractivity contribution in [1.29, 1.82) is 0 Å². The summed E-state index contributed by atoms with van der Waals surface area (Å²) in [6.07, 6.45) is 0.660. The summed E-state index contributed by atoms with van der Waals surface area (Å²) in [6, 6.07) is 19.3. The molecule has 1 amide bonds. The number of hydrogen-bond donors (Lipinski definition) is 1. The number of nitrogens with one attached hydrogen (secondary N) is 1. The Bertz CT molecular complexity index is 843. The van der Waals surface area contributed by atoms with E-state index in [-0.39, 0.29) is 12.0 Å². The van der Waals surface area contributed by atoms with Gasteiger partial charge in [-0.3, -0.25) is 9.69 Å². The Labute approximate surface area is 172 Å². The van der Waals surface area contributed by atoms with E-state index in [1.54, 1.807) is 0 Å². The number of carbonyl (C=O) groups excluding carboxylic acids is 1. The van der Waals surface area contributed by atoms with E-state index < -0.39 is 0 Å². The number of oxime groups is 1. The number of rotatable bonds is 6. The van der Waals surface area contributed by atoms with Crippen molar-refractivity contribution in [2.75, 3.05) is 37.6 Å². The molecule has 4 rings (SSSR count). The van der Waals surface area contributed by atoms with Gasteiger partial charge < -0.3 is 15.1 Å². The van der Waals surface area contributed by atoms with Gasteiger partial charge in [0.1, 0.15) is 0 Å². The Kier molecular flexibility index (Phi) is 6.10. The summed E-state index contributed by atoms with van der Waals surface area (Å²) in [4.78, 5) is 21.6. The largest absolute Gasteiger partial charge is 0.387 e. The van der Waals surface area contributed by atoms with Gasteiger partial charge in [-0.05, 0) is 23.3 Å². The van der Waals surface area contributed by atoms with Gasteiger partial charge in [-0.1, -0.05) is 47.6 Å². The summed E-state index contributed by atoms with van der Waals surface area (Å²) < 4.78 is 0. The Morgan fingerprint density at radius 2 is 1.79 bits per heavy atom. The number of piperazine rings is 1. The average Bonchev–Trinajstić information content (AvgIpc) is 3.23. The highest BCUT2D eigenvalue weighted by molar-refractivity contribution is 5.90. The SMILES string of the molecule is CC(=O)NCC1=NOC(c2ccc(N3CCN(Cc4ccccc4)CC3)cc2)C1. The van der Waals surface area contributed by atoms with Crippen LogP contribution in [0.5, 0.6) is 0 Å². The molecule has 1 fully saturated rings. The molecule has 1 unspecified atom stereocenters. The van der Waals surface area contributed by atoms with E-state index in [1.807, 2.05) is 0 Å². The molecule has 0 bridgehead atoms. The molecule has 1 saturated heterocycles. The second-order valence-corrected chi connectivity index (χ2v) is 7.71. The van der Waals surface area contributed by atoms with E-state index in [0.717, 1.165) is 50.4 Å². The second kappa shape index (κ2) is 9.09. The second-order valence-electron chi connectivity index (χ2n) is 7.71. The quantitative estimate of drug-likeness (QED) is 0.821. The van der Waals surface area contributed by atoms with Gasteiger partial charge in [0.15, 0.2) is 6.10 Å². The third-order valence-corrected chi connectivity index (χ3v) is 5.52. The summed E-state index contributed by atoms with van der Waals surface area (Å²) >= 11 is 0. The fourth-order valence-electron chi connectivity index (χ4n) is 3.84. The Balaban J connectivity index is 1.26. The zero-order chi connectivity index (χ0) is 20.1. The first-order valence-electron chi connectivity index (χ1n) is 10.2. The monoisotopic (exact) mass is 392 g/mol. The predicted octanol–water partition coefficient (Wildman–Crippen LogP) is 2.96. The standard InChI is InChI=1S/C23H28N4O2/c1-18(28)24-16-21-15-23(29-25-21)20-7-9-22(10-8-20)27-13-11-26(12-14-27)17-19-5-3-2-4-6-19/h2-10,23H,11-17H2,1H3,(H,24,28). The van der Waals surface area contributed by atoms with Crippen molar-refractivity contribution in [2.45, 2.75) is 26.0 Å². The minimum Gasteiger partial charge on any atom is -0.387 e. The van der Waals surface area contributed by atoms with Crippen LogP contribution in [0.25, 0.3) is 0 Å². The fourth-order valence-corrected chi connectivity index (χ4v) is 3.84. The number of carbonyl (C=O) groups is 1. The van der Waals surface area contributed by atoms with Crippen LogP contribution >= 0.6 is 0 Å². The average molecular weight is 393 g/mol. The molecular formula is C23H28N4O2. The summed E-state index contributed by atoms with van der Waals surface area (Å²) in [5.41, 5.74) is 4.63. The van der Waals surface area contributed by atoms with Gasteiger partial charge in [-0.2, -0.15) is 0 Å². The molecular weight excluding hydrogens is 364 g/mol. The first-order chi connectivity index (χ1) is 14.2. The molecule has 6 nitrogen and oxygen atoms in total. The molecule has 1 N–H and O–H groups in total. The first-order valence-corrected chi connectivity index (χ1v) is 10.2. The molecule has 0 saturated carbocycles. The van der Waals surface area contributed by atoms with Crippen LogP contribution in [0.1, 0.15) is 30.6 Å². The molecule has 2 aromatic carbocycles. The fraction of sp³-hybridized carbons (Fsp3) is 0.391. The summed E-state index contributed by atoms with van der Waals surface area (Å²) in [7, 11) is 0. The van der Waals surface area contributed by atoms with Crippen LogP contribution in [0.3, 0.4) is 0 Å². The van der Waals surface area contributed by atoms with Gasteiger partial charge in [0.25, 0.3) is 0 Å². The van der Waals surface area contributed by atoms with Gasteiger partial charge in [0.05, 0.1) is 12.3 Å². The molecule has 152 valence electrons. The van der Waals surface area contributed by atoms with Gasteiger partial charge in [0.2, 0.25) is 5.91 Å². The summed E-state index contributed by atoms with van der Waals surface area (Å²) in [6.45, 7) is 7.20. The van der Waals surface area contributed by atoms with Crippen molar-refractivity contribution in [3.8, 4) is 0 Å². The maximum absolute atomic E-state index is 11.0. The van der Waals surface area contributed by atoms with E-state index in [2.05, 4.69) is 74.9 Å². The molecule has 6 heteroatoms. The molecule has 0 radical (unpaired) electrons. The molecule has 2 aliphatic rings. The van der Waals surface area contributed by atoms with E-state index in [0.29, 0.717) is 6.54 Å². The lowest BCUT2D eigenvalue weighted by Gasteiger charge is -2.36. The molecule has 0 aromatic heterocycles. The van der Waals surface area contributed by atoms with Crippen LogP contribution in [0.15, 0.2) is 59.8 Å². The number of amides is 1. The molecule has 2 aliphatic heterocycles. The number of anilines is 1. The summed E-state index contributed by atoms with van der Waals surface area (Å²) in [5, 5.41) is 6.88. The minimum absolute atomic E-state index is 0.0515. The van der Waals surface area contributed by atoms with Crippen molar-refractivity contribution in [1.82, 2.24) is 10.2 Å². The van der Waals surface area contributed by atoms with E-state index in [1.165, 1.54) is 18.2 Å². The van der Waals surface area contributed by atoms with Crippen LogP contribution < -0.4 is 10.2 Å². The van der Waals surface area contributed by atoms with E-state index >= 15 is 0 Å². The normalized spacial score (nSPS) is 19.6. The van der Waals surface area contributed by atoms with Gasteiger partial charge in [-0.25, -0.2) is 0 Å². The van der Waals surface area contributed by atoms with Gasteiger partial charge >= 0.3 is 0 Å². The Hall–Kier alpha value is -2.86. The van der Waals surface area contributed by atoms with Crippen LogP contribution in [0.4, 0.5) is 5.69 Å². The highest BCUT2D eigenvalue weighted by Gasteiger charge is 2.23. The lowest BCUT2D eigenvalue weighted by Crippen LogP contribution is -2.45. The van der Waals surface area contributed by atoms with Crippen molar-refractivity contribution in [3.63, 3.8) is 0 Å². The zero-order valence-corrected chi connectivity index (χ0v) is 16.9. The smallest absolute Gasteiger partial charge is 0.217 e. The van der Waals surface area contributed by atoms with Gasteiger partial charge in [0, 0.05) is 51.8 Å². The van der Waals surface area contributed by atoms with Gasteiger partial charge in [-0.15, -0.1) is 0 Å². The molecule has 0 aliphatic carbocycles. The Morgan fingerprint density at radius 1 is 1.07 bits per heavy atom. The maximum atomic E-state index is 11.0. The molecule has 2 aromatic rings. The van der Waals surface area contributed by atoms with Crippen LogP contribution in [0, 0.1) is 0 Å². The number of nitrogens with zero attached hydrogens (tertiary/aromatic N) is 3. The molecule has 0 spiro atoms. The molecule has 1 atom stereocenters. The highest BCUT2D eigenvalue weighted by Crippen LogP contribution is 2.29. The van der Waals surface area contributed by atoms with Crippen LogP contribution in [0.2, 0.25) is 0 Å². The number of benzene rings is 2. The zero-order valence-electron chi connectivity index (χ0n) is 16.9. The third-order valence-electron chi connectivity index (χ3n) is 5.52. The van der Waals surface area contributed by atoms with E-state index in [4.69, 9.17) is 4.84 Å². The van der Waals surface area contributed by atoms with Crippen LogP contribution in [-0.2, 0) is 16.2 Å². The lowest BCUT2D eigenvalue weighted by molar-refractivity contribution is -0.118.